The van der Waals surface area contributed by atoms with E-state index in [1.54, 1.807) is 0 Å². The maximum atomic E-state index is 9.74. The molecule has 1 saturated carbocycles. The lowest BCUT2D eigenvalue weighted by molar-refractivity contribution is 0.172. The average Bonchev–Trinajstić information content (AvgIpc) is 2.68. The van der Waals surface area contributed by atoms with Crippen molar-refractivity contribution in [3.63, 3.8) is 0 Å². The minimum absolute atomic E-state index is 0.132. The fourth-order valence-corrected chi connectivity index (χ4v) is 2.16. The second kappa shape index (κ2) is 4.54. The molecule has 0 saturated heterocycles. The number of anilines is 1. The molecular formula is C13H16N2O. The summed E-state index contributed by atoms with van der Waals surface area (Å²) in [5.41, 5.74) is 2.73. The predicted molar refractivity (Wildman–Crippen MR) is 63.2 cm³/mol. The van der Waals surface area contributed by atoms with Gasteiger partial charge in [-0.1, -0.05) is 6.07 Å². The van der Waals surface area contributed by atoms with Crippen molar-refractivity contribution in [2.24, 2.45) is 0 Å². The third-order valence-corrected chi connectivity index (χ3v) is 3.19. The summed E-state index contributed by atoms with van der Waals surface area (Å²) < 4.78 is 0. The van der Waals surface area contributed by atoms with E-state index in [1.807, 2.05) is 25.1 Å². The zero-order valence-electron chi connectivity index (χ0n) is 9.40. The number of benzene rings is 1. The number of aliphatic hydroxyl groups is 1. The molecule has 0 bridgehead atoms. The molecule has 3 heteroatoms. The van der Waals surface area contributed by atoms with Crippen LogP contribution in [0.5, 0.6) is 0 Å². The maximum Gasteiger partial charge on any atom is 0.0992 e. The number of nitrogens with zero attached hydrogens (tertiary/aromatic N) is 1. The van der Waals surface area contributed by atoms with Crippen molar-refractivity contribution in [3.05, 3.63) is 29.3 Å². The van der Waals surface area contributed by atoms with E-state index in [0.29, 0.717) is 5.56 Å². The number of hydrogen-bond donors (Lipinski definition) is 2. The number of hydrogen-bond acceptors (Lipinski definition) is 3. The van der Waals surface area contributed by atoms with E-state index in [-0.39, 0.29) is 12.1 Å². The van der Waals surface area contributed by atoms with Gasteiger partial charge in [0.25, 0.3) is 0 Å². The first-order chi connectivity index (χ1) is 7.70. The van der Waals surface area contributed by atoms with Crippen LogP contribution < -0.4 is 5.32 Å². The van der Waals surface area contributed by atoms with Crippen molar-refractivity contribution in [1.29, 1.82) is 5.26 Å². The van der Waals surface area contributed by atoms with Gasteiger partial charge in [-0.15, -0.1) is 0 Å². The second-order valence-electron chi connectivity index (χ2n) is 4.39. The highest BCUT2D eigenvalue weighted by Gasteiger charge is 2.25. The van der Waals surface area contributed by atoms with Crippen molar-refractivity contribution < 1.29 is 5.11 Å². The highest BCUT2D eigenvalue weighted by atomic mass is 16.3. The topological polar surface area (TPSA) is 56.0 Å². The van der Waals surface area contributed by atoms with Gasteiger partial charge in [0, 0.05) is 5.69 Å². The number of rotatable bonds is 2. The fraction of sp³-hybridized carbons (Fsp3) is 0.462. The molecule has 1 fully saturated rings. The van der Waals surface area contributed by atoms with Crippen LogP contribution in [0.4, 0.5) is 5.69 Å². The molecule has 2 rings (SSSR count). The van der Waals surface area contributed by atoms with Gasteiger partial charge in [0.2, 0.25) is 0 Å². The molecule has 16 heavy (non-hydrogen) atoms. The summed E-state index contributed by atoms with van der Waals surface area (Å²) in [7, 11) is 0. The standard InChI is InChI=1S/C13H16N2O/c1-9-5-6-10(8-14)7-12(9)15-11-3-2-4-13(11)16/h5-7,11,13,15-16H,2-4H2,1H3/t11-,13-/m1/s1. The molecule has 84 valence electrons. The lowest BCUT2D eigenvalue weighted by Gasteiger charge is -2.19. The lowest BCUT2D eigenvalue weighted by atomic mass is 10.1. The Hall–Kier alpha value is -1.53. The highest BCUT2D eigenvalue weighted by Crippen LogP contribution is 2.25. The van der Waals surface area contributed by atoms with E-state index >= 15 is 0 Å². The molecule has 2 atom stereocenters. The van der Waals surface area contributed by atoms with Crippen molar-refractivity contribution >= 4 is 5.69 Å². The van der Waals surface area contributed by atoms with E-state index in [2.05, 4.69) is 11.4 Å². The fourth-order valence-electron chi connectivity index (χ4n) is 2.16. The number of nitriles is 1. The monoisotopic (exact) mass is 216 g/mol. The number of nitrogens with one attached hydrogen (secondary N) is 1. The summed E-state index contributed by atoms with van der Waals surface area (Å²) in [4.78, 5) is 0. The Morgan fingerprint density at radius 2 is 2.25 bits per heavy atom. The first kappa shape index (κ1) is 11.0. The number of aryl methyl sites for hydroxylation is 1. The van der Waals surface area contributed by atoms with Crippen molar-refractivity contribution in [3.8, 4) is 6.07 Å². The Morgan fingerprint density at radius 3 is 2.88 bits per heavy atom. The van der Waals surface area contributed by atoms with E-state index in [9.17, 15) is 5.11 Å². The van der Waals surface area contributed by atoms with Crippen LogP contribution in [0.3, 0.4) is 0 Å². The Bertz CT molecular complexity index is 422. The molecule has 1 aromatic carbocycles. The first-order valence-corrected chi connectivity index (χ1v) is 5.66. The van der Waals surface area contributed by atoms with Gasteiger partial charge < -0.3 is 10.4 Å². The van der Waals surface area contributed by atoms with Gasteiger partial charge >= 0.3 is 0 Å². The predicted octanol–water partition coefficient (Wildman–Crippen LogP) is 2.19. The van der Waals surface area contributed by atoms with Gasteiger partial charge in [-0.2, -0.15) is 5.26 Å². The largest absolute Gasteiger partial charge is 0.391 e. The Kier molecular flexibility index (Phi) is 3.12. The van der Waals surface area contributed by atoms with Crippen LogP contribution in [0.25, 0.3) is 0 Å². The summed E-state index contributed by atoms with van der Waals surface area (Å²) in [5, 5.41) is 21.9. The molecule has 1 aliphatic carbocycles. The molecule has 1 aromatic rings. The summed E-state index contributed by atoms with van der Waals surface area (Å²) in [5.74, 6) is 0. The number of aliphatic hydroxyl groups excluding tert-OH is 1. The van der Waals surface area contributed by atoms with Crippen LogP contribution in [0.15, 0.2) is 18.2 Å². The quantitative estimate of drug-likeness (QED) is 0.796. The summed E-state index contributed by atoms with van der Waals surface area (Å²) in [6.45, 7) is 2.00. The molecular weight excluding hydrogens is 200 g/mol. The molecule has 0 aliphatic heterocycles. The lowest BCUT2D eigenvalue weighted by Crippen LogP contribution is -2.28. The van der Waals surface area contributed by atoms with Crippen molar-refractivity contribution in [2.75, 3.05) is 5.32 Å². The van der Waals surface area contributed by atoms with Gasteiger partial charge in [0.05, 0.1) is 23.8 Å². The molecule has 2 N–H and O–H groups in total. The molecule has 0 aromatic heterocycles. The maximum absolute atomic E-state index is 9.74. The molecule has 0 radical (unpaired) electrons. The van der Waals surface area contributed by atoms with Crippen molar-refractivity contribution in [2.45, 2.75) is 38.3 Å². The zero-order chi connectivity index (χ0) is 11.5. The van der Waals surface area contributed by atoms with E-state index < -0.39 is 0 Å². The van der Waals surface area contributed by atoms with Gasteiger partial charge in [-0.3, -0.25) is 0 Å². The normalized spacial score (nSPS) is 24.1. The highest BCUT2D eigenvalue weighted by molar-refractivity contribution is 5.55. The molecule has 0 amide bonds. The van der Waals surface area contributed by atoms with Crippen LogP contribution in [-0.2, 0) is 0 Å². The van der Waals surface area contributed by atoms with E-state index in [4.69, 9.17) is 5.26 Å². The smallest absolute Gasteiger partial charge is 0.0992 e. The molecule has 3 nitrogen and oxygen atoms in total. The Labute approximate surface area is 95.7 Å². The molecule has 0 spiro atoms. The summed E-state index contributed by atoms with van der Waals surface area (Å²) >= 11 is 0. The SMILES string of the molecule is Cc1ccc(C#N)cc1N[C@@H]1CCC[C@H]1O. The van der Waals surface area contributed by atoms with E-state index in [1.165, 1.54) is 0 Å². The second-order valence-corrected chi connectivity index (χ2v) is 4.39. The Balaban J connectivity index is 2.17. The van der Waals surface area contributed by atoms with Gasteiger partial charge in [-0.25, -0.2) is 0 Å². The summed E-state index contributed by atoms with van der Waals surface area (Å²) in [6.07, 6.45) is 2.67. The third kappa shape index (κ3) is 2.17. The van der Waals surface area contributed by atoms with Crippen LogP contribution in [0.1, 0.15) is 30.4 Å². The molecule has 0 heterocycles. The van der Waals surface area contributed by atoms with Crippen LogP contribution in [0.2, 0.25) is 0 Å². The minimum atomic E-state index is -0.259. The molecule has 0 unspecified atom stereocenters. The Morgan fingerprint density at radius 1 is 1.44 bits per heavy atom. The average molecular weight is 216 g/mol. The molecule has 1 aliphatic rings. The third-order valence-electron chi connectivity index (χ3n) is 3.19. The van der Waals surface area contributed by atoms with E-state index in [0.717, 1.165) is 30.5 Å². The van der Waals surface area contributed by atoms with Gasteiger partial charge in [-0.05, 0) is 43.9 Å². The van der Waals surface area contributed by atoms with Crippen LogP contribution in [0, 0.1) is 18.3 Å². The van der Waals surface area contributed by atoms with Crippen molar-refractivity contribution in [1.82, 2.24) is 0 Å². The zero-order valence-corrected chi connectivity index (χ0v) is 9.40. The first-order valence-electron chi connectivity index (χ1n) is 5.66. The summed E-state index contributed by atoms with van der Waals surface area (Å²) in [6, 6.07) is 7.85. The van der Waals surface area contributed by atoms with Crippen LogP contribution >= 0.6 is 0 Å². The van der Waals surface area contributed by atoms with Gasteiger partial charge in [0.15, 0.2) is 0 Å². The van der Waals surface area contributed by atoms with Crippen LogP contribution in [-0.4, -0.2) is 17.3 Å². The van der Waals surface area contributed by atoms with Gasteiger partial charge in [0.1, 0.15) is 0 Å². The minimum Gasteiger partial charge on any atom is -0.391 e.